The SMILES string of the molecule is CC.COC(=O)C1CCCN(C(=O)OC(C)(C)C)C1. The normalized spacial score (nSPS) is 19.1. The van der Waals surface area contributed by atoms with E-state index in [2.05, 4.69) is 0 Å². The molecule has 112 valence electrons. The van der Waals surface area contributed by atoms with Gasteiger partial charge < -0.3 is 14.4 Å². The predicted octanol–water partition coefficient (Wildman–Crippen LogP) is 2.83. The first kappa shape index (κ1) is 17.7. The van der Waals surface area contributed by atoms with Gasteiger partial charge in [-0.15, -0.1) is 0 Å². The molecule has 0 aromatic carbocycles. The first-order valence-electron chi connectivity index (χ1n) is 6.89. The van der Waals surface area contributed by atoms with Gasteiger partial charge in [0, 0.05) is 13.1 Å². The molecule has 1 rings (SSSR count). The van der Waals surface area contributed by atoms with Crippen molar-refractivity contribution in [3.8, 4) is 0 Å². The molecule has 0 saturated carbocycles. The van der Waals surface area contributed by atoms with Crippen molar-refractivity contribution in [2.24, 2.45) is 5.92 Å². The Labute approximate surface area is 116 Å². The van der Waals surface area contributed by atoms with Crippen molar-refractivity contribution in [3.63, 3.8) is 0 Å². The molecule has 0 N–H and O–H groups in total. The maximum Gasteiger partial charge on any atom is 0.410 e. The largest absolute Gasteiger partial charge is 0.469 e. The Bertz CT molecular complexity index is 296. The third kappa shape index (κ3) is 6.45. The Morgan fingerprint density at radius 1 is 1.21 bits per heavy atom. The van der Waals surface area contributed by atoms with Crippen LogP contribution in [0.3, 0.4) is 0 Å². The van der Waals surface area contributed by atoms with Crippen LogP contribution < -0.4 is 0 Å². The van der Waals surface area contributed by atoms with E-state index in [1.807, 2.05) is 34.6 Å². The first-order valence-corrected chi connectivity index (χ1v) is 6.89. The number of carbonyl (C=O) groups is 2. The summed E-state index contributed by atoms with van der Waals surface area (Å²) in [5, 5.41) is 0. The number of amides is 1. The lowest BCUT2D eigenvalue weighted by Gasteiger charge is -2.32. The van der Waals surface area contributed by atoms with Gasteiger partial charge in [-0.3, -0.25) is 4.79 Å². The number of rotatable bonds is 1. The number of hydrogen-bond acceptors (Lipinski definition) is 4. The summed E-state index contributed by atoms with van der Waals surface area (Å²) < 4.78 is 9.97. The van der Waals surface area contributed by atoms with Gasteiger partial charge >= 0.3 is 12.1 Å². The second-order valence-corrected chi connectivity index (χ2v) is 5.29. The van der Waals surface area contributed by atoms with Gasteiger partial charge in [-0.1, -0.05) is 13.8 Å². The smallest absolute Gasteiger partial charge is 0.410 e. The Hall–Kier alpha value is -1.26. The van der Waals surface area contributed by atoms with E-state index in [1.54, 1.807) is 4.90 Å². The summed E-state index contributed by atoms with van der Waals surface area (Å²) in [6.45, 7) is 10.5. The van der Waals surface area contributed by atoms with E-state index in [0.717, 1.165) is 12.8 Å². The fourth-order valence-electron chi connectivity index (χ4n) is 1.83. The minimum absolute atomic E-state index is 0.221. The summed E-state index contributed by atoms with van der Waals surface area (Å²) >= 11 is 0. The third-order valence-electron chi connectivity index (χ3n) is 2.61. The van der Waals surface area contributed by atoms with Crippen molar-refractivity contribution >= 4 is 12.1 Å². The lowest BCUT2D eigenvalue weighted by molar-refractivity contribution is -0.147. The standard InChI is InChI=1S/C12H21NO4.C2H6/c1-12(2,3)17-11(15)13-7-5-6-9(8-13)10(14)16-4;1-2/h9H,5-8H2,1-4H3;1-2H3. The van der Waals surface area contributed by atoms with Gasteiger partial charge in [-0.2, -0.15) is 0 Å². The summed E-state index contributed by atoms with van der Waals surface area (Å²) in [5.74, 6) is -0.473. The molecule has 0 aromatic heterocycles. The molecule has 0 bridgehead atoms. The number of esters is 1. The molecule has 1 unspecified atom stereocenters. The molecule has 5 nitrogen and oxygen atoms in total. The van der Waals surface area contributed by atoms with Crippen molar-refractivity contribution in [1.29, 1.82) is 0 Å². The van der Waals surface area contributed by atoms with Crippen LogP contribution in [0.5, 0.6) is 0 Å². The number of piperidine rings is 1. The fraction of sp³-hybridized carbons (Fsp3) is 0.857. The van der Waals surface area contributed by atoms with Gasteiger partial charge in [0.1, 0.15) is 5.60 Å². The van der Waals surface area contributed by atoms with Gasteiger partial charge in [0.15, 0.2) is 0 Å². The van der Waals surface area contributed by atoms with Crippen LogP contribution in [0.1, 0.15) is 47.5 Å². The molecule has 1 aliphatic rings. The Balaban J connectivity index is 0.00000154. The highest BCUT2D eigenvalue weighted by atomic mass is 16.6. The lowest BCUT2D eigenvalue weighted by atomic mass is 9.99. The van der Waals surface area contributed by atoms with E-state index in [4.69, 9.17) is 9.47 Å². The average molecular weight is 273 g/mol. The first-order chi connectivity index (χ1) is 8.83. The molecule has 0 aromatic rings. The van der Waals surface area contributed by atoms with Crippen molar-refractivity contribution in [3.05, 3.63) is 0 Å². The summed E-state index contributed by atoms with van der Waals surface area (Å²) in [5.41, 5.74) is -0.505. The monoisotopic (exact) mass is 273 g/mol. The highest BCUT2D eigenvalue weighted by molar-refractivity contribution is 5.74. The summed E-state index contributed by atoms with van der Waals surface area (Å²) in [6.07, 6.45) is 1.22. The summed E-state index contributed by atoms with van der Waals surface area (Å²) in [7, 11) is 1.37. The van der Waals surface area contributed by atoms with Crippen LogP contribution in [0.25, 0.3) is 0 Å². The molecule has 0 spiro atoms. The number of ether oxygens (including phenoxy) is 2. The van der Waals surface area contributed by atoms with Crippen LogP contribution in [-0.4, -0.2) is 42.8 Å². The summed E-state index contributed by atoms with van der Waals surface area (Å²) in [6, 6.07) is 0. The van der Waals surface area contributed by atoms with E-state index >= 15 is 0 Å². The molecule has 1 amide bonds. The van der Waals surface area contributed by atoms with Crippen LogP contribution in [0, 0.1) is 5.92 Å². The van der Waals surface area contributed by atoms with Crippen molar-refractivity contribution in [2.45, 2.75) is 53.1 Å². The fourth-order valence-corrected chi connectivity index (χ4v) is 1.83. The van der Waals surface area contributed by atoms with E-state index < -0.39 is 5.60 Å². The minimum atomic E-state index is -0.505. The number of hydrogen-bond donors (Lipinski definition) is 0. The molecule has 1 fully saturated rings. The number of nitrogens with zero attached hydrogens (tertiary/aromatic N) is 1. The highest BCUT2D eigenvalue weighted by Gasteiger charge is 2.31. The molecule has 1 heterocycles. The van der Waals surface area contributed by atoms with Crippen LogP contribution >= 0.6 is 0 Å². The Kier molecular flexibility index (Phi) is 7.49. The lowest BCUT2D eigenvalue weighted by Crippen LogP contribution is -2.44. The maximum absolute atomic E-state index is 11.8. The second-order valence-electron chi connectivity index (χ2n) is 5.29. The number of methoxy groups -OCH3 is 1. The average Bonchev–Trinajstić information content (AvgIpc) is 2.38. The summed E-state index contributed by atoms with van der Waals surface area (Å²) in [4.78, 5) is 24.8. The zero-order chi connectivity index (χ0) is 15.1. The Morgan fingerprint density at radius 3 is 2.26 bits per heavy atom. The van der Waals surface area contributed by atoms with Crippen LogP contribution in [0.4, 0.5) is 4.79 Å². The Morgan fingerprint density at radius 2 is 1.79 bits per heavy atom. The van der Waals surface area contributed by atoms with Gasteiger partial charge in [-0.05, 0) is 33.6 Å². The third-order valence-corrected chi connectivity index (χ3v) is 2.61. The molecule has 1 aliphatic heterocycles. The van der Waals surface area contributed by atoms with Crippen molar-refractivity contribution < 1.29 is 19.1 Å². The van der Waals surface area contributed by atoms with Crippen LogP contribution in [0.15, 0.2) is 0 Å². The maximum atomic E-state index is 11.8. The van der Waals surface area contributed by atoms with Gasteiger partial charge in [0.25, 0.3) is 0 Å². The van der Waals surface area contributed by atoms with Gasteiger partial charge in [0.2, 0.25) is 0 Å². The predicted molar refractivity (Wildman–Crippen MR) is 73.9 cm³/mol. The van der Waals surface area contributed by atoms with Crippen molar-refractivity contribution in [1.82, 2.24) is 4.90 Å². The molecule has 5 heteroatoms. The van der Waals surface area contributed by atoms with Crippen LogP contribution in [-0.2, 0) is 14.3 Å². The topological polar surface area (TPSA) is 55.8 Å². The van der Waals surface area contributed by atoms with E-state index in [0.29, 0.717) is 13.1 Å². The molecule has 0 aliphatic carbocycles. The minimum Gasteiger partial charge on any atom is -0.469 e. The quantitative estimate of drug-likeness (QED) is 0.689. The van der Waals surface area contributed by atoms with Crippen molar-refractivity contribution in [2.75, 3.05) is 20.2 Å². The molecular weight excluding hydrogens is 246 g/mol. The van der Waals surface area contributed by atoms with Gasteiger partial charge in [0.05, 0.1) is 13.0 Å². The second kappa shape index (κ2) is 8.02. The molecule has 1 saturated heterocycles. The van der Waals surface area contributed by atoms with Gasteiger partial charge in [-0.25, -0.2) is 4.79 Å². The van der Waals surface area contributed by atoms with E-state index in [1.165, 1.54) is 7.11 Å². The highest BCUT2D eigenvalue weighted by Crippen LogP contribution is 2.20. The zero-order valence-corrected chi connectivity index (χ0v) is 13.0. The zero-order valence-electron chi connectivity index (χ0n) is 13.0. The molecule has 19 heavy (non-hydrogen) atoms. The van der Waals surface area contributed by atoms with Crippen LogP contribution in [0.2, 0.25) is 0 Å². The number of carbonyl (C=O) groups excluding carboxylic acids is 2. The molecule has 1 atom stereocenters. The number of likely N-dealkylation sites (tertiary alicyclic amines) is 1. The molecule has 0 radical (unpaired) electrons. The van der Waals surface area contributed by atoms with E-state index in [-0.39, 0.29) is 18.0 Å². The molecular formula is C14H27NO4. The van der Waals surface area contributed by atoms with E-state index in [9.17, 15) is 9.59 Å².